The van der Waals surface area contributed by atoms with Gasteiger partial charge in [-0.3, -0.25) is 4.79 Å². The Labute approximate surface area is 275 Å². The Kier molecular flexibility index (Phi) is 8.95. The lowest BCUT2D eigenvalue weighted by atomic mass is 9.98. The normalized spacial score (nSPS) is 26.1. The van der Waals surface area contributed by atoms with Crippen LogP contribution >= 0.6 is 22.7 Å². The van der Waals surface area contributed by atoms with E-state index in [-0.39, 0.29) is 48.0 Å². The molecule has 47 heavy (non-hydrogen) atoms. The molecule has 0 radical (unpaired) electrons. The van der Waals surface area contributed by atoms with E-state index in [1.165, 1.54) is 22.3 Å². The van der Waals surface area contributed by atoms with Crippen LogP contribution < -0.4 is 10.1 Å². The van der Waals surface area contributed by atoms with E-state index in [9.17, 15) is 32.7 Å². The number of rotatable bonds is 5. The fraction of sp³-hybridized carbons (Fsp3) is 0.500. The smallest absolute Gasteiger partial charge is 0.434 e. The second-order valence-corrected chi connectivity index (χ2v) is 13.6. The number of alkyl halides is 3. The lowest BCUT2D eigenvalue weighted by molar-refractivity contribution is -0.144. The van der Waals surface area contributed by atoms with Crippen LogP contribution in [0.4, 0.5) is 18.0 Å². The summed E-state index contributed by atoms with van der Waals surface area (Å²) in [6.45, 7) is 2.44. The maximum atomic E-state index is 13.8. The summed E-state index contributed by atoms with van der Waals surface area (Å²) >= 11 is 2.04. The first-order valence-corrected chi connectivity index (χ1v) is 16.8. The van der Waals surface area contributed by atoms with Gasteiger partial charge >= 0.3 is 18.2 Å². The maximum absolute atomic E-state index is 13.8. The second-order valence-electron chi connectivity index (χ2n) is 11.9. The quantitative estimate of drug-likeness (QED) is 0.352. The van der Waals surface area contributed by atoms with Crippen LogP contribution in [0.1, 0.15) is 49.9 Å². The molecule has 3 amide bonds. The van der Waals surface area contributed by atoms with Gasteiger partial charge in [0, 0.05) is 61.4 Å². The van der Waals surface area contributed by atoms with Crippen molar-refractivity contribution >= 4 is 40.6 Å². The summed E-state index contributed by atoms with van der Waals surface area (Å²) in [6, 6.07) is 0.145. The van der Waals surface area contributed by atoms with Gasteiger partial charge in [-0.2, -0.15) is 18.2 Å². The Hall–Kier alpha value is -4.12. The Bertz CT molecular complexity index is 1710. The fourth-order valence-corrected chi connectivity index (χ4v) is 7.32. The molecule has 4 atom stereocenters. The molecule has 3 aromatic rings. The monoisotopic (exact) mass is 691 g/mol. The zero-order valence-electron chi connectivity index (χ0n) is 25.5. The predicted octanol–water partition coefficient (Wildman–Crippen LogP) is 5.01. The molecule has 1 aliphatic carbocycles. The van der Waals surface area contributed by atoms with Crippen molar-refractivity contribution in [3.8, 4) is 27.4 Å². The van der Waals surface area contributed by atoms with Crippen molar-refractivity contribution in [1.82, 2.24) is 35.1 Å². The molecule has 250 valence electrons. The van der Waals surface area contributed by atoms with Gasteiger partial charge in [0.15, 0.2) is 16.5 Å². The Morgan fingerprint density at radius 1 is 1.11 bits per heavy atom. The minimum absolute atomic E-state index is 0.0299. The number of hydrogen-bond acceptors (Lipinski definition) is 10. The van der Waals surface area contributed by atoms with Crippen LogP contribution in [0.2, 0.25) is 0 Å². The molecule has 2 N–H and O–H groups in total. The van der Waals surface area contributed by atoms with Crippen molar-refractivity contribution in [3.63, 3.8) is 0 Å². The van der Waals surface area contributed by atoms with Crippen LogP contribution in [-0.4, -0.2) is 90.6 Å². The highest BCUT2D eigenvalue weighted by atomic mass is 32.1. The summed E-state index contributed by atoms with van der Waals surface area (Å²) in [5, 5.41) is 15.9. The second kappa shape index (κ2) is 12.8. The molecule has 1 saturated heterocycles. The van der Waals surface area contributed by atoms with Gasteiger partial charge in [0.2, 0.25) is 11.8 Å². The fourth-order valence-electron chi connectivity index (χ4n) is 5.81. The van der Waals surface area contributed by atoms with E-state index >= 15 is 0 Å². The maximum Gasteiger partial charge on any atom is 0.434 e. The van der Waals surface area contributed by atoms with Gasteiger partial charge in [0.05, 0.1) is 0 Å². The van der Waals surface area contributed by atoms with E-state index in [0.717, 1.165) is 41.7 Å². The number of carbonyl (C=O) groups excluding carboxylic acids is 2. The number of nitrogens with one attached hydrogen (secondary N) is 1. The van der Waals surface area contributed by atoms with Crippen molar-refractivity contribution in [2.45, 2.75) is 69.3 Å². The van der Waals surface area contributed by atoms with Gasteiger partial charge in [-0.1, -0.05) is 12.2 Å². The molecule has 0 bridgehead atoms. The lowest BCUT2D eigenvalue weighted by Gasteiger charge is -2.40. The first-order valence-electron chi connectivity index (χ1n) is 15.1. The van der Waals surface area contributed by atoms with E-state index < -0.39 is 41.4 Å². The largest absolute Gasteiger partial charge is 0.479 e. The van der Waals surface area contributed by atoms with Crippen molar-refractivity contribution in [2.75, 3.05) is 20.1 Å². The van der Waals surface area contributed by atoms with Crippen molar-refractivity contribution in [1.29, 1.82) is 0 Å². The number of fused-ring (bicyclic) bond motifs is 2. The summed E-state index contributed by atoms with van der Waals surface area (Å²) in [6.07, 6.45) is 1.40. The standard InChI is InChI=1S/C30H32F3N7O5S2/c1-16-14-46-25(34-16)19-12-22(37-23(35-19)26-36-21(15-47-26)30(31,32)33)45-18-8-10-40-20(11-18)24(41)38-29(27(42)43)13-17(29)7-5-3-4-6-9-39(2)28(40)44/h5,7,12,14-15,17-18,20H,3-4,6,8-11,13H2,1-2H3,(H,38,41)(H,42,43)/b7-5+/t17-,18+,20+,29-/m1/s1. The molecular weight excluding hydrogens is 660 g/mol. The number of piperidine rings is 1. The zero-order chi connectivity index (χ0) is 33.5. The molecule has 2 aliphatic heterocycles. The van der Waals surface area contributed by atoms with Gasteiger partial charge in [0.25, 0.3) is 0 Å². The molecule has 5 heterocycles. The third-order valence-electron chi connectivity index (χ3n) is 8.47. The Morgan fingerprint density at radius 3 is 2.60 bits per heavy atom. The topological polar surface area (TPSA) is 151 Å². The van der Waals surface area contributed by atoms with E-state index in [4.69, 9.17) is 4.74 Å². The average molecular weight is 692 g/mol. The number of aromatic nitrogens is 4. The number of urea groups is 1. The van der Waals surface area contributed by atoms with Crippen molar-refractivity contribution in [3.05, 3.63) is 40.4 Å². The van der Waals surface area contributed by atoms with E-state index in [0.29, 0.717) is 23.7 Å². The number of aliphatic carboxylic acids is 1. The highest BCUT2D eigenvalue weighted by molar-refractivity contribution is 7.13. The van der Waals surface area contributed by atoms with Gasteiger partial charge < -0.3 is 25.0 Å². The third kappa shape index (κ3) is 6.95. The molecule has 17 heteroatoms. The molecule has 0 spiro atoms. The summed E-state index contributed by atoms with van der Waals surface area (Å²) < 4.78 is 46.2. The number of halogens is 3. The predicted molar refractivity (Wildman–Crippen MR) is 166 cm³/mol. The number of thiazole rings is 2. The molecule has 6 rings (SSSR count). The van der Waals surface area contributed by atoms with Crippen LogP contribution in [0.3, 0.4) is 0 Å². The number of allylic oxidation sites excluding steroid dienone is 1. The highest BCUT2D eigenvalue weighted by Crippen LogP contribution is 2.45. The lowest BCUT2D eigenvalue weighted by Crippen LogP contribution is -2.60. The van der Waals surface area contributed by atoms with Gasteiger partial charge in [-0.15, -0.1) is 22.7 Å². The number of carboxylic acids is 1. The molecule has 12 nitrogen and oxygen atoms in total. The van der Waals surface area contributed by atoms with Crippen LogP contribution in [-0.2, 0) is 15.8 Å². The van der Waals surface area contributed by atoms with Gasteiger partial charge in [-0.05, 0) is 32.6 Å². The molecule has 1 saturated carbocycles. The van der Waals surface area contributed by atoms with Crippen LogP contribution in [0.15, 0.2) is 29.0 Å². The Balaban J connectivity index is 1.29. The molecule has 0 aromatic carbocycles. The molecule has 3 aromatic heterocycles. The first kappa shape index (κ1) is 32.8. The molecule has 3 aliphatic rings. The number of nitrogens with zero attached hydrogens (tertiary/aromatic N) is 6. The van der Waals surface area contributed by atoms with E-state index in [1.54, 1.807) is 18.9 Å². The number of ether oxygens (including phenoxy) is 1. The van der Waals surface area contributed by atoms with Crippen LogP contribution in [0.25, 0.3) is 21.5 Å². The van der Waals surface area contributed by atoms with Crippen LogP contribution in [0.5, 0.6) is 5.88 Å². The molecule has 2 fully saturated rings. The van der Waals surface area contributed by atoms with E-state index in [1.807, 2.05) is 17.5 Å². The minimum Gasteiger partial charge on any atom is -0.479 e. The van der Waals surface area contributed by atoms with Gasteiger partial charge in [-0.25, -0.2) is 24.5 Å². The summed E-state index contributed by atoms with van der Waals surface area (Å²) in [4.78, 5) is 59.6. The minimum atomic E-state index is -4.64. The number of carboxylic acid groups (broad SMARTS) is 1. The summed E-state index contributed by atoms with van der Waals surface area (Å²) in [5.41, 5.74) is -1.45. The van der Waals surface area contributed by atoms with Gasteiger partial charge in [0.1, 0.15) is 28.4 Å². The summed E-state index contributed by atoms with van der Waals surface area (Å²) in [7, 11) is 1.67. The first-order chi connectivity index (χ1) is 22.3. The number of amides is 3. The molecule has 0 unspecified atom stereocenters. The van der Waals surface area contributed by atoms with Crippen molar-refractivity contribution < 1.29 is 37.4 Å². The third-order valence-corrected chi connectivity index (χ3v) is 10.3. The Morgan fingerprint density at radius 2 is 1.89 bits per heavy atom. The van der Waals surface area contributed by atoms with E-state index in [2.05, 4.69) is 25.3 Å². The number of hydrogen-bond donors (Lipinski definition) is 2. The highest BCUT2D eigenvalue weighted by Gasteiger charge is 2.61. The SMILES string of the molecule is Cc1csc(-c2cc(O[C@H]3CCN4C(=O)N(C)CCCC/C=C/[C@@H]5C[C@@]5(C(=O)O)NC(=O)[C@@H]4C3)nc(-c3nc(C(F)(F)F)cs3)n2)n1. The van der Waals surface area contributed by atoms with Crippen molar-refractivity contribution in [2.24, 2.45) is 5.92 Å². The van der Waals surface area contributed by atoms with Crippen LogP contribution in [0, 0.1) is 12.8 Å². The number of carbonyl (C=O) groups is 3. The molecular formula is C30H32F3N7O5S2. The zero-order valence-corrected chi connectivity index (χ0v) is 27.1. The average Bonchev–Trinajstić information content (AvgIpc) is 3.33. The summed E-state index contributed by atoms with van der Waals surface area (Å²) in [5.74, 6) is -2.13. The number of aryl methyl sites for hydroxylation is 1.